The molecule has 0 fully saturated rings. The van der Waals surface area contributed by atoms with E-state index in [4.69, 9.17) is 11.6 Å². The SMILES string of the molecule is Cc1ccc(N(CC(=O)N(Cc2ccccc2Cl)C(C)C(=O)NC(C)(C)C)S(=O)(=O)c2ccccc2)cc1C. The Morgan fingerprint density at radius 2 is 1.54 bits per heavy atom. The van der Waals surface area contributed by atoms with E-state index in [9.17, 15) is 18.0 Å². The number of hydrogen-bond donors (Lipinski definition) is 1. The summed E-state index contributed by atoms with van der Waals surface area (Å²) in [6.45, 7) is 10.5. The maximum absolute atomic E-state index is 14.0. The van der Waals surface area contributed by atoms with Gasteiger partial charge < -0.3 is 10.2 Å². The van der Waals surface area contributed by atoms with Crippen LogP contribution in [0.4, 0.5) is 5.69 Å². The highest BCUT2D eigenvalue weighted by Gasteiger charge is 2.33. The minimum Gasteiger partial charge on any atom is -0.350 e. The molecule has 2 amide bonds. The van der Waals surface area contributed by atoms with Gasteiger partial charge in [-0.25, -0.2) is 8.42 Å². The molecule has 7 nitrogen and oxygen atoms in total. The third-order valence-electron chi connectivity index (χ3n) is 6.35. The molecule has 1 N–H and O–H groups in total. The molecule has 1 atom stereocenters. The first kappa shape index (κ1) is 30.2. The van der Waals surface area contributed by atoms with Crippen molar-refractivity contribution in [2.24, 2.45) is 0 Å². The number of sulfonamides is 1. The summed E-state index contributed by atoms with van der Waals surface area (Å²) in [7, 11) is -4.11. The van der Waals surface area contributed by atoms with E-state index in [0.29, 0.717) is 16.3 Å². The molecule has 0 heterocycles. The predicted octanol–water partition coefficient (Wildman–Crippen LogP) is 5.48. The number of amides is 2. The van der Waals surface area contributed by atoms with Crippen LogP contribution < -0.4 is 9.62 Å². The van der Waals surface area contributed by atoms with Gasteiger partial charge in [-0.15, -0.1) is 0 Å². The highest BCUT2D eigenvalue weighted by molar-refractivity contribution is 7.92. The summed E-state index contributed by atoms with van der Waals surface area (Å²) in [6.07, 6.45) is 0. The summed E-state index contributed by atoms with van der Waals surface area (Å²) < 4.78 is 28.8. The molecule has 9 heteroatoms. The molecule has 3 aromatic rings. The zero-order valence-electron chi connectivity index (χ0n) is 23.2. The molecule has 0 radical (unpaired) electrons. The van der Waals surface area contributed by atoms with Gasteiger partial charge in [-0.05, 0) is 88.6 Å². The van der Waals surface area contributed by atoms with Crippen molar-refractivity contribution in [2.45, 2.75) is 64.6 Å². The van der Waals surface area contributed by atoms with Crippen LogP contribution in [0.3, 0.4) is 0 Å². The van der Waals surface area contributed by atoms with Crippen LogP contribution in [0, 0.1) is 13.8 Å². The van der Waals surface area contributed by atoms with Crippen molar-refractivity contribution in [3.63, 3.8) is 0 Å². The van der Waals surface area contributed by atoms with Gasteiger partial charge in [0.25, 0.3) is 10.0 Å². The average molecular weight is 570 g/mol. The number of carbonyl (C=O) groups excluding carboxylic acids is 2. The molecule has 1 unspecified atom stereocenters. The summed E-state index contributed by atoms with van der Waals surface area (Å²) in [5, 5.41) is 3.36. The van der Waals surface area contributed by atoms with Crippen LogP contribution >= 0.6 is 11.6 Å². The van der Waals surface area contributed by atoms with Crippen molar-refractivity contribution in [1.82, 2.24) is 10.2 Å². The van der Waals surface area contributed by atoms with E-state index in [1.54, 1.807) is 61.5 Å². The average Bonchev–Trinajstić information content (AvgIpc) is 2.87. The van der Waals surface area contributed by atoms with Crippen LogP contribution in [-0.2, 0) is 26.2 Å². The Bertz CT molecular complexity index is 1440. The quantitative estimate of drug-likeness (QED) is 0.369. The van der Waals surface area contributed by atoms with Gasteiger partial charge in [0.05, 0.1) is 10.6 Å². The van der Waals surface area contributed by atoms with E-state index >= 15 is 0 Å². The van der Waals surface area contributed by atoms with Crippen molar-refractivity contribution < 1.29 is 18.0 Å². The minimum absolute atomic E-state index is 0.0311. The summed E-state index contributed by atoms with van der Waals surface area (Å²) in [4.78, 5) is 28.6. The molecule has 0 bridgehead atoms. The lowest BCUT2D eigenvalue weighted by Crippen LogP contribution is -2.54. The van der Waals surface area contributed by atoms with Gasteiger partial charge in [-0.1, -0.05) is 54.1 Å². The number of nitrogens with one attached hydrogen (secondary N) is 1. The molecular weight excluding hydrogens is 534 g/mol. The van der Waals surface area contributed by atoms with Gasteiger partial charge in [-0.2, -0.15) is 0 Å². The highest BCUT2D eigenvalue weighted by Crippen LogP contribution is 2.27. The van der Waals surface area contributed by atoms with Crippen LogP contribution in [-0.4, -0.2) is 43.3 Å². The van der Waals surface area contributed by atoms with E-state index in [-0.39, 0.29) is 17.3 Å². The number of rotatable bonds is 9. The summed E-state index contributed by atoms with van der Waals surface area (Å²) >= 11 is 6.41. The van der Waals surface area contributed by atoms with E-state index in [1.165, 1.54) is 17.0 Å². The minimum atomic E-state index is -4.11. The van der Waals surface area contributed by atoms with Gasteiger partial charge in [0.2, 0.25) is 11.8 Å². The molecule has 0 aromatic heterocycles. The third-order valence-corrected chi connectivity index (χ3v) is 8.51. The molecule has 0 spiro atoms. The molecule has 0 saturated carbocycles. The molecule has 0 saturated heterocycles. The van der Waals surface area contributed by atoms with Gasteiger partial charge in [0, 0.05) is 17.1 Å². The predicted molar refractivity (Wildman–Crippen MR) is 156 cm³/mol. The maximum atomic E-state index is 14.0. The lowest BCUT2D eigenvalue weighted by Gasteiger charge is -2.33. The summed E-state index contributed by atoms with van der Waals surface area (Å²) in [6, 6.07) is 19.4. The van der Waals surface area contributed by atoms with Gasteiger partial charge in [-0.3, -0.25) is 13.9 Å². The standard InChI is InChI=1S/C30H36ClN3O4S/c1-21-16-17-25(18-22(21)2)34(39(37,38)26-13-8-7-9-14-26)20-28(35)33(19-24-12-10-11-15-27(24)31)23(3)29(36)32-30(4,5)6/h7-18,23H,19-20H2,1-6H3,(H,32,36). The van der Waals surface area contributed by atoms with Crippen LogP contribution in [0.2, 0.25) is 5.02 Å². The number of anilines is 1. The maximum Gasteiger partial charge on any atom is 0.264 e. The van der Waals surface area contributed by atoms with E-state index in [0.717, 1.165) is 15.4 Å². The fourth-order valence-corrected chi connectivity index (χ4v) is 5.62. The second-order valence-electron chi connectivity index (χ2n) is 10.6. The number of aryl methyl sites for hydroxylation is 2. The lowest BCUT2D eigenvalue weighted by atomic mass is 10.1. The Hall–Kier alpha value is -3.36. The smallest absolute Gasteiger partial charge is 0.264 e. The second kappa shape index (κ2) is 12.2. The van der Waals surface area contributed by atoms with E-state index in [2.05, 4.69) is 5.32 Å². The van der Waals surface area contributed by atoms with Crippen molar-refractivity contribution in [3.05, 3.63) is 94.5 Å². The zero-order valence-corrected chi connectivity index (χ0v) is 24.8. The number of carbonyl (C=O) groups is 2. The van der Waals surface area contributed by atoms with E-state index in [1.807, 2.05) is 40.7 Å². The first-order valence-corrected chi connectivity index (χ1v) is 14.5. The molecular formula is C30H36ClN3O4S. The fraction of sp³-hybridized carbons (Fsp3) is 0.333. The Morgan fingerprint density at radius 3 is 2.13 bits per heavy atom. The highest BCUT2D eigenvalue weighted by atomic mass is 35.5. The molecule has 0 aliphatic carbocycles. The van der Waals surface area contributed by atoms with Crippen LogP contribution in [0.5, 0.6) is 0 Å². The van der Waals surface area contributed by atoms with Crippen molar-refractivity contribution in [1.29, 1.82) is 0 Å². The number of benzene rings is 3. The molecule has 208 valence electrons. The largest absolute Gasteiger partial charge is 0.350 e. The van der Waals surface area contributed by atoms with Gasteiger partial charge in [0.1, 0.15) is 12.6 Å². The Morgan fingerprint density at radius 1 is 0.923 bits per heavy atom. The van der Waals surface area contributed by atoms with Crippen molar-refractivity contribution in [2.75, 3.05) is 10.8 Å². The van der Waals surface area contributed by atoms with Crippen LogP contribution in [0.1, 0.15) is 44.4 Å². The zero-order chi connectivity index (χ0) is 29.0. The van der Waals surface area contributed by atoms with E-state index < -0.39 is 34.1 Å². The first-order chi connectivity index (χ1) is 18.2. The summed E-state index contributed by atoms with van der Waals surface area (Å²) in [5.41, 5.74) is 2.37. The second-order valence-corrected chi connectivity index (χ2v) is 12.9. The van der Waals surface area contributed by atoms with Gasteiger partial charge in [0.15, 0.2) is 0 Å². The molecule has 0 aliphatic heterocycles. The third kappa shape index (κ3) is 7.61. The fourth-order valence-electron chi connectivity index (χ4n) is 4.00. The number of halogens is 1. The normalized spacial score (nSPS) is 12.5. The molecule has 39 heavy (non-hydrogen) atoms. The number of nitrogens with zero attached hydrogens (tertiary/aromatic N) is 2. The van der Waals surface area contributed by atoms with Gasteiger partial charge >= 0.3 is 0 Å². The van der Waals surface area contributed by atoms with Crippen molar-refractivity contribution >= 4 is 39.1 Å². The van der Waals surface area contributed by atoms with Crippen molar-refractivity contribution in [3.8, 4) is 0 Å². The molecule has 0 aliphatic rings. The Labute approximate surface area is 236 Å². The Balaban J connectivity index is 2.06. The lowest BCUT2D eigenvalue weighted by molar-refractivity contribution is -0.140. The van der Waals surface area contributed by atoms with Crippen LogP contribution in [0.15, 0.2) is 77.7 Å². The molecule has 3 rings (SSSR count). The first-order valence-electron chi connectivity index (χ1n) is 12.7. The monoisotopic (exact) mass is 569 g/mol. The number of hydrogen-bond acceptors (Lipinski definition) is 4. The van der Waals surface area contributed by atoms with Crippen LogP contribution in [0.25, 0.3) is 0 Å². The summed E-state index contributed by atoms with van der Waals surface area (Å²) in [5.74, 6) is -0.893. The molecule has 3 aromatic carbocycles. The Kier molecular flexibility index (Phi) is 9.46. The topological polar surface area (TPSA) is 86.8 Å².